The van der Waals surface area contributed by atoms with Gasteiger partial charge in [0.05, 0.1) is 19.3 Å². The van der Waals surface area contributed by atoms with Crippen molar-refractivity contribution in [3.05, 3.63) is 29.3 Å². The van der Waals surface area contributed by atoms with Crippen molar-refractivity contribution in [1.29, 1.82) is 0 Å². The molecule has 2 heterocycles. The van der Waals surface area contributed by atoms with Gasteiger partial charge in [0.2, 0.25) is 0 Å². The zero-order valence-corrected chi connectivity index (χ0v) is 12.9. The third-order valence-electron chi connectivity index (χ3n) is 4.46. The summed E-state index contributed by atoms with van der Waals surface area (Å²) in [6, 6.07) is 6.88. The highest BCUT2D eigenvalue weighted by molar-refractivity contribution is 5.51. The standard InChI is InChI=1S/C17H26N2O2/c1-14-10-15(13-18-4-2-17(20)3-5-18)12-16(11-14)19-6-8-21-9-7-19/h10-12,17,20H,2-9,13H2,1H3. The first-order valence-electron chi connectivity index (χ1n) is 8.04. The van der Waals surface area contributed by atoms with E-state index in [0.717, 1.165) is 58.8 Å². The molecule has 0 amide bonds. The number of likely N-dealkylation sites (tertiary alicyclic amines) is 1. The summed E-state index contributed by atoms with van der Waals surface area (Å²) >= 11 is 0. The first-order valence-corrected chi connectivity index (χ1v) is 8.04. The molecule has 1 aromatic rings. The van der Waals surface area contributed by atoms with Gasteiger partial charge in [-0.1, -0.05) is 6.07 Å². The number of rotatable bonds is 3. The summed E-state index contributed by atoms with van der Waals surface area (Å²) in [5.41, 5.74) is 4.03. The van der Waals surface area contributed by atoms with Crippen LogP contribution in [0.5, 0.6) is 0 Å². The van der Waals surface area contributed by atoms with Gasteiger partial charge in [0.15, 0.2) is 0 Å². The number of hydrogen-bond acceptors (Lipinski definition) is 4. The van der Waals surface area contributed by atoms with E-state index < -0.39 is 0 Å². The maximum atomic E-state index is 9.61. The number of aliphatic hydroxyl groups excluding tert-OH is 1. The third-order valence-corrected chi connectivity index (χ3v) is 4.46. The number of aliphatic hydroxyl groups is 1. The van der Waals surface area contributed by atoms with Crippen LogP contribution in [-0.2, 0) is 11.3 Å². The van der Waals surface area contributed by atoms with Crippen LogP contribution in [0.1, 0.15) is 24.0 Å². The lowest BCUT2D eigenvalue weighted by atomic mass is 10.1. The van der Waals surface area contributed by atoms with Crippen LogP contribution in [0.3, 0.4) is 0 Å². The lowest BCUT2D eigenvalue weighted by molar-refractivity contribution is 0.0792. The molecule has 21 heavy (non-hydrogen) atoms. The van der Waals surface area contributed by atoms with E-state index in [4.69, 9.17) is 4.74 Å². The molecule has 2 aliphatic rings. The van der Waals surface area contributed by atoms with Gasteiger partial charge in [0.25, 0.3) is 0 Å². The predicted octanol–water partition coefficient (Wildman–Crippen LogP) is 1.79. The van der Waals surface area contributed by atoms with Crippen LogP contribution >= 0.6 is 0 Å². The molecular formula is C17H26N2O2. The second-order valence-corrected chi connectivity index (χ2v) is 6.28. The highest BCUT2D eigenvalue weighted by Gasteiger charge is 2.18. The number of nitrogens with zero attached hydrogens (tertiary/aromatic N) is 2. The van der Waals surface area contributed by atoms with Gasteiger partial charge >= 0.3 is 0 Å². The molecule has 2 fully saturated rings. The van der Waals surface area contributed by atoms with Crippen LogP contribution in [0.25, 0.3) is 0 Å². The van der Waals surface area contributed by atoms with E-state index in [9.17, 15) is 5.11 Å². The Labute approximate surface area is 127 Å². The van der Waals surface area contributed by atoms with Gasteiger partial charge in [-0.3, -0.25) is 4.90 Å². The molecule has 0 atom stereocenters. The van der Waals surface area contributed by atoms with E-state index in [-0.39, 0.29) is 6.10 Å². The molecule has 1 N–H and O–H groups in total. The predicted molar refractivity (Wildman–Crippen MR) is 84.7 cm³/mol. The van der Waals surface area contributed by atoms with Gasteiger partial charge in [-0.25, -0.2) is 0 Å². The maximum Gasteiger partial charge on any atom is 0.0642 e. The van der Waals surface area contributed by atoms with Crippen molar-refractivity contribution < 1.29 is 9.84 Å². The number of piperidine rings is 1. The molecule has 0 spiro atoms. The largest absolute Gasteiger partial charge is 0.393 e. The normalized spacial score (nSPS) is 21.7. The number of hydrogen-bond donors (Lipinski definition) is 1. The molecule has 2 saturated heterocycles. The molecule has 0 saturated carbocycles. The lowest BCUT2D eigenvalue weighted by Gasteiger charge is -2.31. The third kappa shape index (κ3) is 3.96. The fourth-order valence-corrected chi connectivity index (χ4v) is 3.27. The fourth-order valence-electron chi connectivity index (χ4n) is 3.27. The Hall–Kier alpha value is -1.10. The van der Waals surface area contributed by atoms with Crippen molar-refractivity contribution in [2.45, 2.75) is 32.4 Å². The molecular weight excluding hydrogens is 264 g/mol. The minimum atomic E-state index is -0.0947. The first kappa shape index (κ1) is 14.8. The molecule has 1 aromatic carbocycles. The molecule has 0 radical (unpaired) electrons. The van der Waals surface area contributed by atoms with Gasteiger partial charge in [0.1, 0.15) is 0 Å². The first-order chi connectivity index (χ1) is 10.2. The van der Waals surface area contributed by atoms with Crippen LogP contribution in [0.2, 0.25) is 0 Å². The SMILES string of the molecule is Cc1cc(CN2CCC(O)CC2)cc(N2CCOCC2)c1. The van der Waals surface area contributed by atoms with Gasteiger partial charge in [0, 0.05) is 38.4 Å². The van der Waals surface area contributed by atoms with Crippen molar-refractivity contribution in [1.82, 2.24) is 4.90 Å². The van der Waals surface area contributed by atoms with Crippen LogP contribution in [-0.4, -0.2) is 55.5 Å². The minimum Gasteiger partial charge on any atom is -0.393 e. The monoisotopic (exact) mass is 290 g/mol. The highest BCUT2D eigenvalue weighted by Crippen LogP contribution is 2.22. The molecule has 3 rings (SSSR count). The van der Waals surface area contributed by atoms with Crippen molar-refractivity contribution in [3.8, 4) is 0 Å². The van der Waals surface area contributed by atoms with Crippen LogP contribution in [0, 0.1) is 6.92 Å². The number of ether oxygens (including phenoxy) is 1. The number of aryl methyl sites for hydroxylation is 1. The van der Waals surface area contributed by atoms with Crippen LogP contribution < -0.4 is 4.90 Å². The molecule has 4 nitrogen and oxygen atoms in total. The average molecular weight is 290 g/mol. The average Bonchev–Trinajstić information content (AvgIpc) is 2.50. The van der Waals surface area contributed by atoms with Crippen LogP contribution in [0.4, 0.5) is 5.69 Å². The van der Waals surface area contributed by atoms with Gasteiger partial charge in [-0.05, 0) is 43.0 Å². The van der Waals surface area contributed by atoms with Crippen molar-refractivity contribution in [2.24, 2.45) is 0 Å². The Balaban J connectivity index is 1.68. The van der Waals surface area contributed by atoms with E-state index >= 15 is 0 Å². The molecule has 0 aromatic heterocycles. The lowest BCUT2D eigenvalue weighted by Crippen LogP contribution is -2.37. The smallest absolute Gasteiger partial charge is 0.0642 e. The maximum absolute atomic E-state index is 9.61. The minimum absolute atomic E-state index is 0.0947. The van der Waals surface area contributed by atoms with E-state index in [1.54, 1.807) is 0 Å². The summed E-state index contributed by atoms with van der Waals surface area (Å²) < 4.78 is 5.44. The topological polar surface area (TPSA) is 35.9 Å². The molecule has 116 valence electrons. The molecule has 0 unspecified atom stereocenters. The summed E-state index contributed by atoms with van der Waals surface area (Å²) in [4.78, 5) is 4.87. The van der Waals surface area contributed by atoms with Crippen molar-refractivity contribution in [3.63, 3.8) is 0 Å². The Kier molecular flexibility index (Phi) is 4.78. The Bertz CT molecular complexity index is 464. The van der Waals surface area contributed by atoms with E-state index in [2.05, 4.69) is 34.9 Å². The number of anilines is 1. The van der Waals surface area contributed by atoms with E-state index in [1.807, 2.05) is 0 Å². The summed E-state index contributed by atoms with van der Waals surface area (Å²) in [5.74, 6) is 0. The summed E-state index contributed by atoms with van der Waals surface area (Å²) in [6.45, 7) is 8.79. The Morgan fingerprint density at radius 1 is 1.10 bits per heavy atom. The van der Waals surface area contributed by atoms with E-state index in [1.165, 1.54) is 16.8 Å². The second kappa shape index (κ2) is 6.77. The van der Waals surface area contributed by atoms with Crippen molar-refractivity contribution >= 4 is 5.69 Å². The molecule has 0 bridgehead atoms. The number of benzene rings is 1. The van der Waals surface area contributed by atoms with E-state index in [0.29, 0.717) is 0 Å². The van der Waals surface area contributed by atoms with Gasteiger partial charge < -0.3 is 14.7 Å². The molecule has 0 aliphatic carbocycles. The van der Waals surface area contributed by atoms with Gasteiger partial charge in [-0.15, -0.1) is 0 Å². The zero-order valence-electron chi connectivity index (χ0n) is 12.9. The van der Waals surface area contributed by atoms with Crippen LogP contribution in [0.15, 0.2) is 18.2 Å². The fraction of sp³-hybridized carbons (Fsp3) is 0.647. The Morgan fingerprint density at radius 3 is 2.52 bits per heavy atom. The molecule has 4 heteroatoms. The Morgan fingerprint density at radius 2 is 1.81 bits per heavy atom. The summed E-state index contributed by atoms with van der Waals surface area (Å²) in [6.07, 6.45) is 1.72. The van der Waals surface area contributed by atoms with Crippen molar-refractivity contribution in [2.75, 3.05) is 44.3 Å². The zero-order chi connectivity index (χ0) is 14.7. The summed E-state index contributed by atoms with van der Waals surface area (Å²) in [7, 11) is 0. The molecule has 2 aliphatic heterocycles. The summed E-state index contributed by atoms with van der Waals surface area (Å²) in [5, 5.41) is 9.61. The highest BCUT2D eigenvalue weighted by atomic mass is 16.5. The second-order valence-electron chi connectivity index (χ2n) is 6.28. The van der Waals surface area contributed by atoms with Gasteiger partial charge in [-0.2, -0.15) is 0 Å². The quantitative estimate of drug-likeness (QED) is 0.921. The number of morpholine rings is 1.